The summed E-state index contributed by atoms with van der Waals surface area (Å²) in [5, 5.41) is 14.4. The van der Waals surface area contributed by atoms with E-state index in [0.29, 0.717) is 37.2 Å². The standard InChI is InChI=1S/C19H28FN3O3/c1-26-16-4-5-17(20)15(12-16)13-23-10-2-6-19(25,18(23)24)14-22-9-3-7-21-8-11-22/h4-5,12,21,25H,2-3,6-11,13-14H2,1H3/t19-/m1/s1. The van der Waals surface area contributed by atoms with E-state index in [1.54, 1.807) is 17.0 Å². The van der Waals surface area contributed by atoms with Gasteiger partial charge in [0, 0.05) is 38.3 Å². The molecule has 0 saturated carbocycles. The van der Waals surface area contributed by atoms with E-state index in [1.807, 2.05) is 0 Å². The van der Waals surface area contributed by atoms with Crippen LogP contribution in [0, 0.1) is 5.82 Å². The first-order valence-electron chi connectivity index (χ1n) is 9.29. The lowest BCUT2D eigenvalue weighted by Crippen LogP contribution is -2.58. The number of amides is 1. The number of methoxy groups -OCH3 is 1. The molecule has 26 heavy (non-hydrogen) atoms. The number of piperidine rings is 1. The van der Waals surface area contributed by atoms with Crippen LogP contribution in [0.5, 0.6) is 5.75 Å². The van der Waals surface area contributed by atoms with Gasteiger partial charge >= 0.3 is 0 Å². The number of hydrogen-bond donors (Lipinski definition) is 2. The molecule has 0 aliphatic carbocycles. The van der Waals surface area contributed by atoms with Gasteiger partial charge in [-0.3, -0.25) is 9.69 Å². The number of ether oxygens (including phenoxy) is 1. The largest absolute Gasteiger partial charge is 0.497 e. The molecule has 2 saturated heterocycles. The molecule has 2 fully saturated rings. The summed E-state index contributed by atoms with van der Waals surface area (Å²) < 4.78 is 19.3. The Hall–Kier alpha value is -1.70. The number of rotatable bonds is 5. The first-order valence-corrected chi connectivity index (χ1v) is 9.29. The van der Waals surface area contributed by atoms with E-state index in [0.717, 1.165) is 32.6 Å². The van der Waals surface area contributed by atoms with Crippen LogP contribution >= 0.6 is 0 Å². The highest BCUT2D eigenvalue weighted by atomic mass is 19.1. The number of β-amino-alcohol motifs (C(OH)–C–C–N with tert-alkyl or cyclic N) is 1. The highest BCUT2D eigenvalue weighted by Gasteiger charge is 2.43. The van der Waals surface area contributed by atoms with E-state index < -0.39 is 5.60 Å². The Morgan fingerprint density at radius 2 is 2.12 bits per heavy atom. The lowest BCUT2D eigenvalue weighted by molar-refractivity contribution is -0.160. The van der Waals surface area contributed by atoms with Gasteiger partial charge in [-0.25, -0.2) is 4.39 Å². The normalized spacial score (nSPS) is 25.2. The third-order valence-electron chi connectivity index (χ3n) is 5.24. The number of nitrogens with one attached hydrogen (secondary N) is 1. The van der Waals surface area contributed by atoms with Crippen molar-refractivity contribution >= 4 is 5.91 Å². The molecule has 1 aromatic rings. The zero-order valence-electron chi connectivity index (χ0n) is 15.3. The van der Waals surface area contributed by atoms with Crippen LogP contribution in [0.3, 0.4) is 0 Å². The van der Waals surface area contributed by atoms with Crippen LogP contribution in [0.1, 0.15) is 24.8 Å². The van der Waals surface area contributed by atoms with Crippen molar-refractivity contribution in [1.29, 1.82) is 0 Å². The van der Waals surface area contributed by atoms with Crippen LogP contribution in [-0.2, 0) is 11.3 Å². The molecule has 2 aliphatic rings. The topological polar surface area (TPSA) is 65.0 Å². The Morgan fingerprint density at radius 3 is 2.92 bits per heavy atom. The van der Waals surface area contributed by atoms with E-state index >= 15 is 0 Å². The minimum Gasteiger partial charge on any atom is -0.497 e. The second kappa shape index (κ2) is 8.33. The maximum atomic E-state index is 14.1. The predicted octanol–water partition coefficient (Wildman–Crippen LogP) is 0.983. The number of nitrogens with zero attached hydrogens (tertiary/aromatic N) is 2. The van der Waals surface area contributed by atoms with E-state index in [1.165, 1.54) is 13.2 Å². The molecular weight excluding hydrogens is 337 g/mol. The van der Waals surface area contributed by atoms with Gasteiger partial charge in [-0.05, 0) is 50.6 Å². The zero-order valence-corrected chi connectivity index (χ0v) is 15.3. The van der Waals surface area contributed by atoms with Crippen molar-refractivity contribution in [3.8, 4) is 5.75 Å². The Labute approximate surface area is 153 Å². The van der Waals surface area contributed by atoms with Crippen LogP contribution < -0.4 is 10.1 Å². The third-order valence-corrected chi connectivity index (χ3v) is 5.24. The fourth-order valence-electron chi connectivity index (χ4n) is 3.80. The number of likely N-dealkylation sites (tertiary alicyclic amines) is 1. The van der Waals surface area contributed by atoms with Gasteiger partial charge in [0.1, 0.15) is 11.6 Å². The summed E-state index contributed by atoms with van der Waals surface area (Å²) in [6, 6.07) is 4.51. The van der Waals surface area contributed by atoms with Crippen LogP contribution in [-0.4, -0.2) is 72.8 Å². The first kappa shape index (κ1) is 19.1. The summed E-state index contributed by atoms with van der Waals surface area (Å²) in [5.74, 6) is -0.118. The number of hydrogen-bond acceptors (Lipinski definition) is 5. The predicted molar refractivity (Wildman–Crippen MR) is 96.5 cm³/mol. The van der Waals surface area contributed by atoms with E-state index in [4.69, 9.17) is 4.74 Å². The number of carbonyl (C=O) groups excluding carboxylic acids is 1. The quantitative estimate of drug-likeness (QED) is 0.815. The number of carbonyl (C=O) groups is 1. The molecule has 0 radical (unpaired) electrons. The third kappa shape index (κ3) is 4.34. The number of benzene rings is 1. The minimum absolute atomic E-state index is 0.145. The Kier molecular flexibility index (Phi) is 6.11. The molecular formula is C19H28FN3O3. The van der Waals surface area contributed by atoms with Crippen LogP contribution in [0.15, 0.2) is 18.2 Å². The summed E-state index contributed by atoms with van der Waals surface area (Å²) in [6.07, 6.45) is 2.16. The molecule has 0 bridgehead atoms. The van der Waals surface area contributed by atoms with Crippen molar-refractivity contribution in [2.24, 2.45) is 0 Å². The van der Waals surface area contributed by atoms with Gasteiger partial charge in [-0.15, -0.1) is 0 Å². The summed E-state index contributed by atoms with van der Waals surface area (Å²) in [6.45, 7) is 4.52. The summed E-state index contributed by atoms with van der Waals surface area (Å²) in [5.41, 5.74) is -0.987. The second-order valence-electron chi connectivity index (χ2n) is 7.20. The van der Waals surface area contributed by atoms with E-state index in [-0.39, 0.29) is 18.3 Å². The minimum atomic E-state index is -1.39. The highest BCUT2D eigenvalue weighted by molar-refractivity contribution is 5.86. The molecule has 0 aromatic heterocycles. The van der Waals surface area contributed by atoms with Crippen molar-refractivity contribution in [3.05, 3.63) is 29.6 Å². The van der Waals surface area contributed by atoms with Crippen molar-refractivity contribution in [3.63, 3.8) is 0 Å². The average molecular weight is 365 g/mol. The van der Waals surface area contributed by atoms with Gasteiger partial charge < -0.3 is 20.1 Å². The zero-order chi connectivity index (χ0) is 18.6. The molecule has 0 unspecified atom stereocenters. The maximum Gasteiger partial charge on any atom is 0.256 e. The summed E-state index contributed by atoms with van der Waals surface area (Å²) in [7, 11) is 1.53. The molecule has 7 heteroatoms. The molecule has 0 spiro atoms. The van der Waals surface area contributed by atoms with Gasteiger partial charge in [0.05, 0.1) is 7.11 Å². The molecule has 2 heterocycles. The summed E-state index contributed by atoms with van der Waals surface area (Å²) >= 11 is 0. The smallest absolute Gasteiger partial charge is 0.256 e. The molecule has 1 atom stereocenters. The van der Waals surface area contributed by atoms with Gasteiger partial charge in [0.2, 0.25) is 0 Å². The average Bonchev–Trinajstić information content (AvgIpc) is 2.89. The van der Waals surface area contributed by atoms with Crippen molar-refractivity contribution in [1.82, 2.24) is 15.1 Å². The van der Waals surface area contributed by atoms with Crippen LogP contribution in [0.2, 0.25) is 0 Å². The second-order valence-corrected chi connectivity index (χ2v) is 7.20. The van der Waals surface area contributed by atoms with E-state index in [2.05, 4.69) is 10.2 Å². The molecule has 2 N–H and O–H groups in total. The lowest BCUT2D eigenvalue weighted by atomic mass is 9.90. The SMILES string of the molecule is COc1ccc(F)c(CN2CCC[C@@](O)(CN3CCCNCC3)C2=O)c1. The Balaban J connectivity index is 1.70. The number of halogens is 1. The molecule has 6 nitrogen and oxygen atoms in total. The monoisotopic (exact) mass is 365 g/mol. The number of aliphatic hydroxyl groups is 1. The van der Waals surface area contributed by atoms with Gasteiger partial charge in [0.15, 0.2) is 5.60 Å². The van der Waals surface area contributed by atoms with Crippen molar-refractivity contribution < 1.29 is 19.0 Å². The molecule has 2 aliphatic heterocycles. The van der Waals surface area contributed by atoms with Crippen LogP contribution in [0.25, 0.3) is 0 Å². The van der Waals surface area contributed by atoms with Gasteiger partial charge in [-0.2, -0.15) is 0 Å². The maximum absolute atomic E-state index is 14.1. The first-order chi connectivity index (χ1) is 12.5. The Bertz CT molecular complexity index is 634. The fraction of sp³-hybridized carbons (Fsp3) is 0.632. The summed E-state index contributed by atoms with van der Waals surface area (Å²) in [4.78, 5) is 16.7. The lowest BCUT2D eigenvalue weighted by Gasteiger charge is -2.40. The fourth-order valence-corrected chi connectivity index (χ4v) is 3.80. The molecule has 1 aromatic carbocycles. The van der Waals surface area contributed by atoms with Crippen LogP contribution in [0.4, 0.5) is 4.39 Å². The molecule has 1 amide bonds. The molecule has 144 valence electrons. The van der Waals surface area contributed by atoms with Crippen molar-refractivity contribution in [2.75, 3.05) is 46.4 Å². The Morgan fingerprint density at radius 1 is 1.27 bits per heavy atom. The van der Waals surface area contributed by atoms with Gasteiger partial charge in [-0.1, -0.05) is 0 Å². The van der Waals surface area contributed by atoms with Crippen molar-refractivity contribution in [2.45, 2.75) is 31.4 Å². The van der Waals surface area contributed by atoms with Gasteiger partial charge in [0.25, 0.3) is 5.91 Å². The highest BCUT2D eigenvalue weighted by Crippen LogP contribution is 2.27. The molecule has 3 rings (SSSR count). The van der Waals surface area contributed by atoms with E-state index in [9.17, 15) is 14.3 Å².